The highest BCUT2D eigenvalue weighted by Crippen LogP contribution is 2.28. The van der Waals surface area contributed by atoms with Crippen LogP contribution in [0.25, 0.3) is 22.5 Å². The van der Waals surface area contributed by atoms with Gasteiger partial charge in [0.15, 0.2) is 5.65 Å². The van der Waals surface area contributed by atoms with E-state index in [9.17, 15) is 0 Å². The Bertz CT molecular complexity index is 1260. The average molecular weight is 396 g/mol. The van der Waals surface area contributed by atoms with Gasteiger partial charge in [-0.05, 0) is 43.3 Å². The second-order valence-corrected chi connectivity index (χ2v) is 7.13. The molecule has 0 aliphatic heterocycles. The zero-order valence-corrected chi connectivity index (χ0v) is 17.1. The van der Waals surface area contributed by atoms with E-state index in [1.807, 2.05) is 35.9 Å². The number of aryl methyl sites for hydroxylation is 2. The fourth-order valence-electron chi connectivity index (χ4n) is 3.57. The Balaban J connectivity index is 1.98. The van der Waals surface area contributed by atoms with Gasteiger partial charge in [0.1, 0.15) is 0 Å². The lowest BCUT2D eigenvalue weighted by Crippen LogP contribution is -2.01. The third kappa shape index (κ3) is 3.55. The highest BCUT2D eigenvalue weighted by atomic mass is 15.3. The summed E-state index contributed by atoms with van der Waals surface area (Å²) < 4.78 is 1.90. The summed E-state index contributed by atoms with van der Waals surface area (Å²) in [5, 5.41) is 11.8. The molecule has 4 aromatic rings. The fraction of sp³-hybridized carbons (Fsp3) is 0.125. The minimum atomic E-state index is 0.760. The predicted molar refractivity (Wildman–Crippen MR) is 121 cm³/mol. The number of nitrogens with one attached hydrogen (secondary N) is 1. The molecule has 0 saturated heterocycles. The van der Waals surface area contributed by atoms with Gasteiger partial charge in [-0.1, -0.05) is 43.0 Å². The molecule has 6 heteroatoms. The minimum Gasteiger partial charge on any atom is -0.405 e. The number of allylic oxidation sites excluding steroid dienone is 4. The lowest BCUT2D eigenvalue weighted by molar-refractivity contribution is 0.922. The van der Waals surface area contributed by atoms with E-state index in [0.717, 1.165) is 45.8 Å². The summed E-state index contributed by atoms with van der Waals surface area (Å²) in [4.78, 5) is 4.98. The number of hydrogen-bond donors (Lipinski definition) is 2. The molecule has 150 valence electrons. The number of rotatable bonds is 6. The van der Waals surface area contributed by atoms with Crippen molar-refractivity contribution in [2.24, 2.45) is 5.73 Å². The standard InChI is InChI=1S/C24H24N6/c1-4-7-18(10-11-25)22-13-23(20-14-26-27-15-20)30-24(28-22)21(17(3)29-30)12-19-9-6-5-8-16(19)2/h4-11,13-15H,1,12,25H2,2-3H3,(H,26,27)/b11-10-,18-7+. The molecule has 1 aromatic carbocycles. The summed E-state index contributed by atoms with van der Waals surface area (Å²) in [5.41, 5.74) is 14.6. The summed E-state index contributed by atoms with van der Waals surface area (Å²) in [6.45, 7) is 7.98. The van der Waals surface area contributed by atoms with Crippen molar-refractivity contribution in [3.8, 4) is 11.3 Å². The molecule has 0 fully saturated rings. The number of H-pyrrole nitrogens is 1. The van der Waals surface area contributed by atoms with E-state index in [1.54, 1.807) is 12.3 Å². The molecule has 0 saturated carbocycles. The Kier molecular flexibility index (Phi) is 5.30. The van der Waals surface area contributed by atoms with E-state index in [1.165, 1.54) is 17.3 Å². The molecule has 30 heavy (non-hydrogen) atoms. The number of nitrogens with zero attached hydrogens (tertiary/aromatic N) is 4. The molecule has 0 amide bonds. The minimum absolute atomic E-state index is 0.760. The number of hydrogen-bond acceptors (Lipinski definition) is 4. The van der Waals surface area contributed by atoms with Gasteiger partial charge in [-0.2, -0.15) is 10.2 Å². The molecule has 0 aliphatic rings. The largest absolute Gasteiger partial charge is 0.405 e. The predicted octanol–water partition coefficient (Wildman–Crippen LogP) is 4.37. The molecule has 0 atom stereocenters. The van der Waals surface area contributed by atoms with Crippen LogP contribution in [0.2, 0.25) is 0 Å². The highest BCUT2D eigenvalue weighted by molar-refractivity contribution is 5.77. The summed E-state index contributed by atoms with van der Waals surface area (Å²) in [7, 11) is 0. The van der Waals surface area contributed by atoms with Gasteiger partial charge in [0.25, 0.3) is 0 Å². The van der Waals surface area contributed by atoms with Gasteiger partial charge in [-0.25, -0.2) is 9.50 Å². The third-order valence-corrected chi connectivity index (χ3v) is 5.18. The Hall–Kier alpha value is -3.93. The van der Waals surface area contributed by atoms with Crippen molar-refractivity contribution in [2.45, 2.75) is 20.3 Å². The Labute approximate surface area is 175 Å². The first-order valence-electron chi connectivity index (χ1n) is 9.76. The number of aromatic nitrogens is 5. The molecule has 0 aliphatic carbocycles. The second kappa shape index (κ2) is 8.21. The number of aromatic amines is 1. The Morgan fingerprint density at radius 1 is 1.27 bits per heavy atom. The summed E-state index contributed by atoms with van der Waals surface area (Å²) in [6.07, 6.45) is 11.4. The zero-order chi connectivity index (χ0) is 21.1. The normalized spacial score (nSPS) is 12.1. The smallest absolute Gasteiger partial charge is 0.160 e. The maximum Gasteiger partial charge on any atom is 0.160 e. The van der Waals surface area contributed by atoms with Crippen LogP contribution in [0.4, 0.5) is 0 Å². The van der Waals surface area contributed by atoms with Gasteiger partial charge in [0, 0.05) is 29.3 Å². The molecule has 4 rings (SSSR count). The monoisotopic (exact) mass is 396 g/mol. The van der Waals surface area contributed by atoms with E-state index >= 15 is 0 Å². The summed E-state index contributed by atoms with van der Waals surface area (Å²) in [6, 6.07) is 10.4. The highest BCUT2D eigenvalue weighted by Gasteiger charge is 2.18. The molecular weight excluding hydrogens is 372 g/mol. The first-order chi connectivity index (χ1) is 14.6. The molecule has 3 N–H and O–H groups in total. The van der Waals surface area contributed by atoms with E-state index < -0.39 is 0 Å². The number of fused-ring (bicyclic) bond motifs is 1. The SMILES string of the molecule is C=C/C=C(\C=C/N)c1cc(-c2cn[nH]c2)n2nc(C)c(Cc3ccccc3C)c2n1. The van der Waals surface area contributed by atoms with Gasteiger partial charge >= 0.3 is 0 Å². The van der Waals surface area contributed by atoms with Gasteiger partial charge in [-0.15, -0.1) is 0 Å². The maximum atomic E-state index is 5.68. The lowest BCUT2D eigenvalue weighted by Gasteiger charge is -2.09. The van der Waals surface area contributed by atoms with Crippen molar-refractivity contribution in [1.29, 1.82) is 0 Å². The summed E-state index contributed by atoms with van der Waals surface area (Å²) >= 11 is 0. The number of nitrogens with two attached hydrogens (primary N) is 1. The third-order valence-electron chi connectivity index (χ3n) is 5.18. The quantitative estimate of drug-likeness (QED) is 0.474. The van der Waals surface area contributed by atoms with E-state index in [-0.39, 0.29) is 0 Å². The van der Waals surface area contributed by atoms with Gasteiger partial charge in [-0.3, -0.25) is 5.10 Å². The van der Waals surface area contributed by atoms with Crippen LogP contribution in [0.3, 0.4) is 0 Å². The van der Waals surface area contributed by atoms with Crippen LogP contribution >= 0.6 is 0 Å². The van der Waals surface area contributed by atoms with E-state index in [0.29, 0.717) is 0 Å². The van der Waals surface area contributed by atoms with E-state index in [4.69, 9.17) is 15.8 Å². The van der Waals surface area contributed by atoms with Crippen molar-refractivity contribution in [3.63, 3.8) is 0 Å². The van der Waals surface area contributed by atoms with Gasteiger partial charge < -0.3 is 5.73 Å². The van der Waals surface area contributed by atoms with E-state index in [2.05, 4.69) is 48.0 Å². The topological polar surface area (TPSA) is 84.9 Å². The number of benzene rings is 1. The average Bonchev–Trinajstić information content (AvgIpc) is 3.37. The van der Waals surface area contributed by atoms with Crippen LogP contribution in [0, 0.1) is 13.8 Å². The van der Waals surface area contributed by atoms with Crippen molar-refractivity contribution >= 4 is 11.2 Å². The molecule has 0 bridgehead atoms. The van der Waals surface area contributed by atoms with Crippen LogP contribution in [0.1, 0.15) is 28.1 Å². The second-order valence-electron chi connectivity index (χ2n) is 7.13. The Morgan fingerprint density at radius 2 is 2.10 bits per heavy atom. The van der Waals surface area contributed by atoms with Crippen LogP contribution < -0.4 is 5.73 Å². The lowest BCUT2D eigenvalue weighted by atomic mass is 10.0. The van der Waals surface area contributed by atoms with Gasteiger partial charge in [0.2, 0.25) is 0 Å². The van der Waals surface area contributed by atoms with Gasteiger partial charge in [0.05, 0.1) is 23.3 Å². The van der Waals surface area contributed by atoms with Crippen molar-refractivity contribution in [3.05, 3.63) is 102 Å². The first-order valence-corrected chi connectivity index (χ1v) is 9.76. The van der Waals surface area contributed by atoms with Crippen LogP contribution in [-0.2, 0) is 6.42 Å². The zero-order valence-electron chi connectivity index (χ0n) is 17.1. The molecular formula is C24H24N6. The first kappa shape index (κ1) is 19.4. The van der Waals surface area contributed by atoms with Crippen LogP contribution in [0.5, 0.6) is 0 Å². The molecule has 3 aromatic heterocycles. The molecule has 0 unspecified atom stereocenters. The van der Waals surface area contributed by atoms with Crippen LogP contribution in [-0.4, -0.2) is 24.8 Å². The Morgan fingerprint density at radius 3 is 2.80 bits per heavy atom. The van der Waals surface area contributed by atoms with Crippen molar-refractivity contribution in [1.82, 2.24) is 24.8 Å². The van der Waals surface area contributed by atoms with Crippen molar-refractivity contribution in [2.75, 3.05) is 0 Å². The molecule has 6 nitrogen and oxygen atoms in total. The van der Waals surface area contributed by atoms with Crippen LogP contribution in [0.15, 0.2) is 73.7 Å². The maximum absolute atomic E-state index is 5.68. The summed E-state index contributed by atoms with van der Waals surface area (Å²) in [5.74, 6) is 0. The molecule has 0 radical (unpaired) electrons. The molecule has 3 heterocycles. The fourth-order valence-corrected chi connectivity index (χ4v) is 3.57. The van der Waals surface area contributed by atoms with Crippen molar-refractivity contribution < 1.29 is 0 Å². The molecule has 0 spiro atoms.